The number of amides is 1. The number of anilines is 1. The van der Waals surface area contributed by atoms with Crippen molar-refractivity contribution in [2.75, 3.05) is 12.4 Å². The van der Waals surface area contributed by atoms with Crippen molar-refractivity contribution in [3.8, 4) is 11.1 Å². The van der Waals surface area contributed by atoms with Crippen LogP contribution in [0.5, 0.6) is 0 Å². The topological polar surface area (TPSA) is 66.5 Å². The second-order valence-corrected chi connectivity index (χ2v) is 9.00. The fourth-order valence-corrected chi connectivity index (χ4v) is 4.49. The maximum absolute atomic E-state index is 12.7. The van der Waals surface area contributed by atoms with E-state index in [9.17, 15) is 13.2 Å². The normalized spacial score (nSPS) is 11.5. The van der Waals surface area contributed by atoms with Crippen LogP contribution >= 0.6 is 11.3 Å². The van der Waals surface area contributed by atoms with Crippen LogP contribution in [0.3, 0.4) is 0 Å². The molecular formula is C20H20N2O3S2. The largest absolute Gasteiger partial charge is 0.326 e. The minimum Gasteiger partial charge on any atom is -0.326 e. The SMILES string of the molecule is CC(=O)Nc1ccc(-c2ccc(S(=O)(=O)N(C)Cc3ccsc3)cc2)cc1. The number of nitrogens with zero attached hydrogens (tertiary/aromatic N) is 1. The van der Waals surface area contributed by atoms with E-state index in [4.69, 9.17) is 0 Å². The van der Waals surface area contributed by atoms with Crippen LogP contribution in [-0.2, 0) is 21.4 Å². The van der Waals surface area contributed by atoms with Gasteiger partial charge in [-0.15, -0.1) is 0 Å². The first-order valence-electron chi connectivity index (χ1n) is 8.32. The summed E-state index contributed by atoms with van der Waals surface area (Å²) in [5, 5.41) is 6.60. The van der Waals surface area contributed by atoms with Gasteiger partial charge in [-0.2, -0.15) is 15.6 Å². The molecule has 0 fully saturated rings. The van der Waals surface area contributed by atoms with Gasteiger partial charge in [0, 0.05) is 26.2 Å². The fourth-order valence-electron chi connectivity index (χ4n) is 2.67. The smallest absolute Gasteiger partial charge is 0.243 e. The van der Waals surface area contributed by atoms with E-state index in [1.54, 1.807) is 42.6 Å². The Bertz CT molecular complexity index is 1010. The van der Waals surface area contributed by atoms with Crippen LogP contribution < -0.4 is 5.32 Å². The molecule has 0 saturated carbocycles. The van der Waals surface area contributed by atoms with E-state index < -0.39 is 10.0 Å². The summed E-state index contributed by atoms with van der Waals surface area (Å²) in [6.45, 7) is 1.81. The molecule has 0 aliphatic carbocycles. The van der Waals surface area contributed by atoms with Crippen LogP contribution in [0, 0.1) is 0 Å². The summed E-state index contributed by atoms with van der Waals surface area (Å²) in [5.41, 5.74) is 3.55. The molecule has 0 atom stereocenters. The van der Waals surface area contributed by atoms with E-state index in [1.807, 2.05) is 41.1 Å². The van der Waals surface area contributed by atoms with E-state index in [0.717, 1.165) is 22.4 Å². The summed E-state index contributed by atoms with van der Waals surface area (Å²) in [6.07, 6.45) is 0. The Labute approximate surface area is 163 Å². The van der Waals surface area contributed by atoms with Gasteiger partial charge in [0.25, 0.3) is 0 Å². The first-order valence-corrected chi connectivity index (χ1v) is 10.7. The summed E-state index contributed by atoms with van der Waals surface area (Å²) in [4.78, 5) is 11.3. The number of hydrogen-bond donors (Lipinski definition) is 1. The Balaban J connectivity index is 1.77. The van der Waals surface area contributed by atoms with Crippen molar-refractivity contribution in [2.45, 2.75) is 18.4 Å². The molecule has 0 saturated heterocycles. The van der Waals surface area contributed by atoms with E-state index >= 15 is 0 Å². The van der Waals surface area contributed by atoms with Crippen LogP contribution in [0.2, 0.25) is 0 Å². The monoisotopic (exact) mass is 400 g/mol. The van der Waals surface area contributed by atoms with E-state index in [-0.39, 0.29) is 10.8 Å². The number of thiophene rings is 1. The summed E-state index contributed by atoms with van der Waals surface area (Å²) < 4.78 is 26.8. The lowest BCUT2D eigenvalue weighted by atomic mass is 10.1. The van der Waals surface area contributed by atoms with Crippen molar-refractivity contribution in [1.82, 2.24) is 4.31 Å². The molecule has 0 radical (unpaired) electrons. The van der Waals surface area contributed by atoms with Gasteiger partial charge in [0.05, 0.1) is 4.90 Å². The molecule has 2 aromatic carbocycles. The van der Waals surface area contributed by atoms with Crippen molar-refractivity contribution in [3.63, 3.8) is 0 Å². The maximum atomic E-state index is 12.7. The Kier molecular flexibility index (Phi) is 5.74. The van der Waals surface area contributed by atoms with Gasteiger partial charge in [0.1, 0.15) is 0 Å². The lowest BCUT2D eigenvalue weighted by Crippen LogP contribution is -2.26. The first kappa shape index (κ1) is 19.3. The zero-order valence-electron chi connectivity index (χ0n) is 15.0. The van der Waals surface area contributed by atoms with E-state index in [2.05, 4.69) is 5.32 Å². The highest BCUT2D eigenvalue weighted by Gasteiger charge is 2.21. The third-order valence-electron chi connectivity index (χ3n) is 4.09. The summed E-state index contributed by atoms with van der Waals surface area (Å²) in [5.74, 6) is -0.121. The Morgan fingerprint density at radius 3 is 2.11 bits per heavy atom. The Morgan fingerprint density at radius 1 is 1.00 bits per heavy atom. The molecule has 140 valence electrons. The van der Waals surface area contributed by atoms with Crippen LogP contribution in [0.25, 0.3) is 11.1 Å². The number of carbonyl (C=O) groups excluding carboxylic acids is 1. The first-order chi connectivity index (χ1) is 12.9. The standard InChI is InChI=1S/C20H20N2O3S2/c1-15(23)21-19-7-3-17(4-8-19)18-5-9-20(10-6-18)27(24,25)22(2)13-16-11-12-26-14-16/h3-12,14H,13H2,1-2H3,(H,21,23). The van der Waals surface area contributed by atoms with Crippen molar-refractivity contribution in [1.29, 1.82) is 0 Å². The molecule has 1 aromatic heterocycles. The highest BCUT2D eigenvalue weighted by atomic mass is 32.2. The lowest BCUT2D eigenvalue weighted by Gasteiger charge is -2.17. The van der Waals surface area contributed by atoms with Gasteiger partial charge in [-0.05, 0) is 57.8 Å². The molecule has 0 aliphatic heterocycles. The molecular weight excluding hydrogens is 380 g/mol. The Morgan fingerprint density at radius 2 is 1.59 bits per heavy atom. The van der Waals surface area contributed by atoms with Gasteiger partial charge >= 0.3 is 0 Å². The molecule has 0 bridgehead atoms. The summed E-state index contributed by atoms with van der Waals surface area (Å²) >= 11 is 1.55. The number of benzene rings is 2. The molecule has 3 rings (SSSR count). The minimum atomic E-state index is -3.54. The van der Waals surface area contributed by atoms with Gasteiger partial charge in [-0.1, -0.05) is 24.3 Å². The molecule has 5 nitrogen and oxygen atoms in total. The van der Waals surface area contributed by atoms with E-state index in [0.29, 0.717) is 6.54 Å². The third-order valence-corrected chi connectivity index (χ3v) is 6.64. The predicted octanol–water partition coefficient (Wildman–Crippen LogP) is 4.19. The van der Waals surface area contributed by atoms with Crippen LogP contribution in [0.15, 0.2) is 70.3 Å². The average molecular weight is 401 g/mol. The fraction of sp³-hybridized carbons (Fsp3) is 0.150. The van der Waals surface area contributed by atoms with Gasteiger partial charge in [0.2, 0.25) is 15.9 Å². The molecule has 1 heterocycles. The molecule has 0 unspecified atom stereocenters. The predicted molar refractivity (Wildman–Crippen MR) is 109 cm³/mol. The molecule has 27 heavy (non-hydrogen) atoms. The number of hydrogen-bond acceptors (Lipinski definition) is 4. The zero-order valence-corrected chi connectivity index (χ0v) is 16.7. The number of carbonyl (C=O) groups is 1. The molecule has 3 aromatic rings. The minimum absolute atomic E-state index is 0.121. The second-order valence-electron chi connectivity index (χ2n) is 6.18. The van der Waals surface area contributed by atoms with Crippen molar-refractivity contribution in [3.05, 3.63) is 70.9 Å². The van der Waals surface area contributed by atoms with Crippen LogP contribution in [-0.4, -0.2) is 25.7 Å². The molecule has 7 heteroatoms. The number of rotatable bonds is 6. The molecule has 1 amide bonds. The quantitative estimate of drug-likeness (QED) is 0.674. The van der Waals surface area contributed by atoms with Crippen molar-refractivity contribution >= 4 is 33.0 Å². The van der Waals surface area contributed by atoms with E-state index in [1.165, 1.54) is 11.2 Å². The third kappa shape index (κ3) is 4.63. The molecule has 1 N–H and O–H groups in total. The zero-order chi connectivity index (χ0) is 19.4. The van der Waals surface area contributed by atoms with Gasteiger partial charge < -0.3 is 5.32 Å². The van der Waals surface area contributed by atoms with Gasteiger partial charge in [-0.25, -0.2) is 8.42 Å². The maximum Gasteiger partial charge on any atom is 0.243 e. The summed E-state index contributed by atoms with van der Waals surface area (Å²) in [7, 11) is -1.96. The average Bonchev–Trinajstić information content (AvgIpc) is 3.15. The highest BCUT2D eigenvalue weighted by molar-refractivity contribution is 7.89. The number of sulfonamides is 1. The Hall–Kier alpha value is -2.48. The van der Waals surface area contributed by atoms with Crippen molar-refractivity contribution in [2.24, 2.45) is 0 Å². The number of nitrogens with one attached hydrogen (secondary N) is 1. The van der Waals surface area contributed by atoms with Gasteiger partial charge in [0.15, 0.2) is 0 Å². The van der Waals surface area contributed by atoms with Crippen molar-refractivity contribution < 1.29 is 13.2 Å². The highest BCUT2D eigenvalue weighted by Crippen LogP contribution is 2.25. The second kappa shape index (κ2) is 8.04. The summed E-state index contributed by atoms with van der Waals surface area (Å²) in [6, 6.07) is 16.1. The van der Waals surface area contributed by atoms with Crippen LogP contribution in [0.1, 0.15) is 12.5 Å². The lowest BCUT2D eigenvalue weighted by molar-refractivity contribution is -0.114. The molecule has 0 spiro atoms. The van der Waals surface area contributed by atoms with Crippen LogP contribution in [0.4, 0.5) is 5.69 Å². The molecule has 0 aliphatic rings. The van der Waals surface area contributed by atoms with Gasteiger partial charge in [-0.3, -0.25) is 4.79 Å².